The first-order valence-corrected chi connectivity index (χ1v) is 6.48. The number of benzene rings is 2. The van der Waals surface area contributed by atoms with Crippen LogP contribution in [0.25, 0.3) is 0 Å². The maximum atomic E-state index is 10.9. The minimum atomic E-state index is -0.511. The molecule has 0 spiro atoms. The summed E-state index contributed by atoms with van der Waals surface area (Å²) in [5.74, 6) is 0.567. The summed E-state index contributed by atoms with van der Waals surface area (Å²) in [6.45, 7) is 0.157. The molecule has 0 heterocycles. The van der Waals surface area contributed by atoms with Crippen LogP contribution in [0.2, 0.25) is 0 Å². The largest absolute Gasteiger partial charge is 0.493 e. The van der Waals surface area contributed by atoms with Gasteiger partial charge in [-0.25, -0.2) is 0 Å². The van der Waals surface area contributed by atoms with E-state index >= 15 is 0 Å². The Morgan fingerprint density at radius 1 is 1.14 bits per heavy atom. The number of nitrogens with two attached hydrogens (primary N) is 1. The highest BCUT2D eigenvalue weighted by Crippen LogP contribution is 2.32. The number of ether oxygens (including phenoxy) is 2. The average Bonchev–Trinajstić information content (AvgIpc) is 2.47. The van der Waals surface area contributed by atoms with Crippen LogP contribution < -0.4 is 15.2 Å². The third-order valence-corrected chi connectivity index (χ3v) is 2.71. The van der Waals surface area contributed by atoms with Gasteiger partial charge in [-0.3, -0.25) is 14.9 Å². The highest BCUT2D eigenvalue weighted by atomic mass is 16.6. The average molecular weight is 302 g/mol. The molecular formula is C15H14N2O5. The van der Waals surface area contributed by atoms with Crippen molar-refractivity contribution < 1.29 is 19.2 Å². The Balaban J connectivity index is 2.10. The Bertz CT molecular complexity index is 687. The van der Waals surface area contributed by atoms with E-state index in [0.717, 1.165) is 0 Å². The molecule has 0 aliphatic carbocycles. The molecule has 0 saturated heterocycles. The van der Waals surface area contributed by atoms with Crippen LogP contribution >= 0.6 is 0 Å². The lowest BCUT2D eigenvalue weighted by atomic mass is 10.3. The molecule has 0 aliphatic rings. The van der Waals surface area contributed by atoms with E-state index in [1.165, 1.54) is 12.1 Å². The van der Waals surface area contributed by atoms with Crippen molar-refractivity contribution in [2.75, 3.05) is 6.61 Å². The SMILES string of the molecule is NC(=O)CCOc1cccc(Oc2ccccc2[N+](=O)[O-])c1. The Morgan fingerprint density at radius 2 is 1.86 bits per heavy atom. The smallest absolute Gasteiger partial charge is 0.311 e. The van der Waals surface area contributed by atoms with Crippen LogP contribution in [-0.4, -0.2) is 17.4 Å². The van der Waals surface area contributed by atoms with Crippen LogP contribution in [0.3, 0.4) is 0 Å². The van der Waals surface area contributed by atoms with Gasteiger partial charge in [0.1, 0.15) is 11.5 Å². The van der Waals surface area contributed by atoms with Gasteiger partial charge in [-0.2, -0.15) is 0 Å². The monoisotopic (exact) mass is 302 g/mol. The molecule has 0 bridgehead atoms. The van der Waals surface area contributed by atoms with Crippen molar-refractivity contribution in [3.05, 3.63) is 58.6 Å². The van der Waals surface area contributed by atoms with Gasteiger partial charge in [-0.15, -0.1) is 0 Å². The molecule has 0 unspecified atom stereocenters. The van der Waals surface area contributed by atoms with E-state index < -0.39 is 10.8 Å². The van der Waals surface area contributed by atoms with Crippen molar-refractivity contribution in [2.45, 2.75) is 6.42 Å². The van der Waals surface area contributed by atoms with Crippen LogP contribution in [0.1, 0.15) is 6.42 Å². The third kappa shape index (κ3) is 4.20. The number of nitro benzene ring substituents is 1. The highest BCUT2D eigenvalue weighted by Gasteiger charge is 2.14. The molecule has 0 fully saturated rings. The molecular weight excluding hydrogens is 288 g/mol. The summed E-state index contributed by atoms with van der Waals surface area (Å²) in [5.41, 5.74) is 4.90. The van der Waals surface area contributed by atoms with Crippen LogP contribution in [0.4, 0.5) is 5.69 Å². The number of nitrogens with zero attached hydrogens (tertiary/aromatic N) is 1. The van der Waals surface area contributed by atoms with E-state index in [1.54, 1.807) is 36.4 Å². The Kier molecular flexibility index (Phi) is 4.92. The normalized spacial score (nSPS) is 10.0. The zero-order valence-corrected chi connectivity index (χ0v) is 11.6. The van der Waals surface area contributed by atoms with E-state index in [-0.39, 0.29) is 24.5 Å². The fourth-order valence-electron chi connectivity index (χ4n) is 1.72. The summed E-state index contributed by atoms with van der Waals surface area (Å²) in [7, 11) is 0. The Morgan fingerprint density at radius 3 is 2.59 bits per heavy atom. The number of hydrogen-bond donors (Lipinski definition) is 1. The van der Waals surface area contributed by atoms with Crippen molar-refractivity contribution in [2.24, 2.45) is 5.73 Å². The molecule has 0 aliphatic heterocycles. The maximum Gasteiger partial charge on any atom is 0.311 e. The molecule has 2 aromatic carbocycles. The number of amides is 1. The van der Waals surface area contributed by atoms with Gasteiger partial charge in [0.05, 0.1) is 18.0 Å². The minimum Gasteiger partial charge on any atom is -0.493 e. The molecule has 0 saturated carbocycles. The zero-order valence-electron chi connectivity index (χ0n) is 11.6. The van der Waals surface area contributed by atoms with Gasteiger partial charge in [0, 0.05) is 12.1 Å². The van der Waals surface area contributed by atoms with E-state index in [0.29, 0.717) is 11.5 Å². The predicted molar refractivity (Wildman–Crippen MR) is 78.9 cm³/mol. The topological polar surface area (TPSA) is 105 Å². The van der Waals surface area contributed by atoms with Crippen molar-refractivity contribution in [1.82, 2.24) is 0 Å². The number of hydrogen-bond acceptors (Lipinski definition) is 5. The van der Waals surface area contributed by atoms with Crippen LogP contribution in [-0.2, 0) is 4.79 Å². The van der Waals surface area contributed by atoms with Gasteiger partial charge < -0.3 is 15.2 Å². The van der Waals surface area contributed by atoms with Gasteiger partial charge in [-0.1, -0.05) is 18.2 Å². The molecule has 2 rings (SSSR count). The molecule has 114 valence electrons. The summed E-state index contributed by atoms with van der Waals surface area (Å²) < 4.78 is 10.9. The quantitative estimate of drug-likeness (QED) is 0.625. The number of rotatable bonds is 7. The molecule has 1 amide bonds. The first kappa shape index (κ1) is 15.3. The predicted octanol–water partition coefficient (Wildman–Crippen LogP) is 2.64. The second-order valence-electron chi connectivity index (χ2n) is 4.37. The molecule has 0 aromatic heterocycles. The fourth-order valence-corrected chi connectivity index (χ4v) is 1.72. The van der Waals surface area contributed by atoms with Crippen molar-refractivity contribution in [3.63, 3.8) is 0 Å². The summed E-state index contributed by atoms with van der Waals surface area (Å²) in [4.78, 5) is 21.1. The molecule has 7 heteroatoms. The summed E-state index contributed by atoms with van der Waals surface area (Å²) >= 11 is 0. The molecule has 7 nitrogen and oxygen atoms in total. The van der Waals surface area contributed by atoms with E-state index in [1.807, 2.05) is 0 Å². The standard InChI is InChI=1S/C15H14N2O5/c16-15(18)8-9-21-11-4-3-5-12(10-11)22-14-7-2-1-6-13(14)17(19)20/h1-7,10H,8-9H2,(H2,16,18). The first-order chi connectivity index (χ1) is 10.6. The Hall–Kier alpha value is -3.09. The molecule has 0 atom stereocenters. The van der Waals surface area contributed by atoms with Crippen molar-refractivity contribution in [3.8, 4) is 17.2 Å². The molecule has 0 radical (unpaired) electrons. The fraction of sp³-hybridized carbons (Fsp3) is 0.133. The number of carbonyl (C=O) groups is 1. The molecule has 2 N–H and O–H groups in total. The molecule has 2 aromatic rings. The van der Waals surface area contributed by atoms with Gasteiger partial charge >= 0.3 is 5.69 Å². The summed E-state index contributed by atoms with van der Waals surface area (Å²) in [6, 6.07) is 12.7. The summed E-state index contributed by atoms with van der Waals surface area (Å²) in [5, 5.41) is 10.9. The number of para-hydroxylation sites is 2. The molecule has 22 heavy (non-hydrogen) atoms. The summed E-state index contributed by atoms with van der Waals surface area (Å²) in [6.07, 6.45) is 0.106. The van der Waals surface area contributed by atoms with Gasteiger partial charge in [0.15, 0.2) is 0 Å². The van der Waals surface area contributed by atoms with Crippen LogP contribution in [0.15, 0.2) is 48.5 Å². The van der Waals surface area contributed by atoms with E-state index in [9.17, 15) is 14.9 Å². The lowest BCUT2D eigenvalue weighted by molar-refractivity contribution is -0.385. The van der Waals surface area contributed by atoms with Crippen LogP contribution in [0, 0.1) is 10.1 Å². The number of nitro groups is 1. The number of primary amides is 1. The van der Waals surface area contributed by atoms with Gasteiger partial charge in [0.25, 0.3) is 0 Å². The second-order valence-corrected chi connectivity index (χ2v) is 4.37. The van der Waals surface area contributed by atoms with Crippen molar-refractivity contribution >= 4 is 11.6 Å². The van der Waals surface area contributed by atoms with Crippen molar-refractivity contribution in [1.29, 1.82) is 0 Å². The zero-order chi connectivity index (χ0) is 15.9. The lowest BCUT2D eigenvalue weighted by Crippen LogP contribution is -2.14. The van der Waals surface area contributed by atoms with Crippen LogP contribution in [0.5, 0.6) is 17.2 Å². The highest BCUT2D eigenvalue weighted by molar-refractivity contribution is 5.73. The number of carbonyl (C=O) groups excluding carboxylic acids is 1. The third-order valence-electron chi connectivity index (χ3n) is 2.71. The van der Waals surface area contributed by atoms with Gasteiger partial charge in [-0.05, 0) is 18.2 Å². The maximum absolute atomic E-state index is 10.9. The lowest BCUT2D eigenvalue weighted by Gasteiger charge is -2.09. The minimum absolute atomic E-state index is 0.106. The Labute approximate surface area is 126 Å². The van der Waals surface area contributed by atoms with E-state index in [2.05, 4.69) is 0 Å². The first-order valence-electron chi connectivity index (χ1n) is 6.48. The van der Waals surface area contributed by atoms with E-state index in [4.69, 9.17) is 15.2 Å². The van der Waals surface area contributed by atoms with Gasteiger partial charge in [0.2, 0.25) is 11.7 Å². The second kappa shape index (κ2) is 7.07.